The summed E-state index contributed by atoms with van der Waals surface area (Å²) in [7, 11) is 0. The van der Waals surface area contributed by atoms with Gasteiger partial charge in [0.15, 0.2) is 0 Å². The standard InChI is InChI=1S/C45H29N3/c1-3-11-32(12-4-1)47(35-15-10-26-46-29-35)34-23-20-30(21-24-34)31-22-25-36-37-17-9-18-39-44(37)41(40(36)27-31)28-43-45(39)38-16-7-8-19-42(38)48(43)33-13-5-2-6-14-33/h1-29H. The van der Waals surface area contributed by atoms with Crippen LogP contribution in [0.3, 0.4) is 0 Å². The highest BCUT2D eigenvalue weighted by atomic mass is 15.1. The Kier molecular flexibility index (Phi) is 5.87. The van der Waals surface area contributed by atoms with Crippen molar-refractivity contribution in [2.75, 3.05) is 4.90 Å². The van der Waals surface area contributed by atoms with Crippen LogP contribution >= 0.6 is 0 Å². The smallest absolute Gasteiger partial charge is 0.0644 e. The van der Waals surface area contributed by atoms with Crippen molar-refractivity contribution in [2.45, 2.75) is 0 Å². The molecule has 3 heteroatoms. The third-order valence-electron chi connectivity index (χ3n) is 9.79. The van der Waals surface area contributed by atoms with Crippen LogP contribution in [0.15, 0.2) is 176 Å². The molecule has 1 aliphatic rings. The normalized spacial score (nSPS) is 11.8. The van der Waals surface area contributed by atoms with Crippen LogP contribution in [0, 0.1) is 0 Å². The number of hydrogen-bond donors (Lipinski definition) is 0. The van der Waals surface area contributed by atoms with Gasteiger partial charge in [-0.15, -0.1) is 0 Å². The number of fused-ring (bicyclic) bond motifs is 7. The van der Waals surface area contributed by atoms with E-state index in [4.69, 9.17) is 0 Å². The molecule has 0 atom stereocenters. The SMILES string of the molecule is c1ccc(N(c2ccc(-c3ccc4c(c3)-c3cc5c(c6cccc-4c36)c3ccccc3n5-c3ccccc3)cc2)c2cccnc2)cc1. The molecule has 0 saturated heterocycles. The van der Waals surface area contributed by atoms with Crippen molar-refractivity contribution in [2.24, 2.45) is 0 Å². The third-order valence-corrected chi connectivity index (χ3v) is 9.79. The van der Waals surface area contributed by atoms with Gasteiger partial charge in [0.1, 0.15) is 0 Å². The molecule has 7 aromatic carbocycles. The number of benzene rings is 7. The zero-order valence-corrected chi connectivity index (χ0v) is 26.1. The molecular formula is C45H29N3. The molecule has 3 nitrogen and oxygen atoms in total. The fraction of sp³-hybridized carbons (Fsp3) is 0. The van der Waals surface area contributed by atoms with Crippen LogP contribution < -0.4 is 4.90 Å². The molecule has 224 valence electrons. The van der Waals surface area contributed by atoms with Crippen LogP contribution in [0.5, 0.6) is 0 Å². The molecule has 9 aromatic rings. The van der Waals surface area contributed by atoms with E-state index >= 15 is 0 Å². The quantitative estimate of drug-likeness (QED) is 0.193. The number of para-hydroxylation sites is 3. The first-order valence-corrected chi connectivity index (χ1v) is 16.4. The van der Waals surface area contributed by atoms with E-state index in [1.165, 1.54) is 71.6 Å². The Morgan fingerprint density at radius 3 is 1.94 bits per heavy atom. The van der Waals surface area contributed by atoms with Gasteiger partial charge < -0.3 is 9.47 Å². The highest BCUT2D eigenvalue weighted by Gasteiger charge is 2.26. The van der Waals surface area contributed by atoms with E-state index in [1.54, 1.807) is 0 Å². The van der Waals surface area contributed by atoms with E-state index in [9.17, 15) is 0 Å². The molecule has 0 aliphatic heterocycles. The zero-order chi connectivity index (χ0) is 31.6. The second-order valence-corrected chi connectivity index (χ2v) is 12.4. The summed E-state index contributed by atoms with van der Waals surface area (Å²) >= 11 is 0. The summed E-state index contributed by atoms with van der Waals surface area (Å²) in [5.41, 5.74) is 14.4. The number of anilines is 3. The van der Waals surface area contributed by atoms with Gasteiger partial charge in [-0.1, -0.05) is 97.1 Å². The van der Waals surface area contributed by atoms with Crippen molar-refractivity contribution in [1.82, 2.24) is 9.55 Å². The summed E-state index contributed by atoms with van der Waals surface area (Å²) in [5, 5.41) is 5.26. The molecule has 0 spiro atoms. The van der Waals surface area contributed by atoms with Gasteiger partial charge in [-0.25, -0.2) is 0 Å². The van der Waals surface area contributed by atoms with Gasteiger partial charge in [0.25, 0.3) is 0 Å². The molecule has 0 radical (unpaired) electrons. The van der Waals surface area contributed by atoms with Crippen molar-refractivity contribution in [3.8, 4) is 39.1 Å². The average Bonchev–Trinajstić information content (AvgIpc) is 3.67. The second kappa shape index (κ2) is 10.5. The highest BCUT2D eigenvalue weighted by molar-refractivity contribution is 6.29. The van der Waals surface area contributed by atoms with E-state index in [1.807, 2.05) is 24.5 Å². The van der Waals surface area contributed by atoms with Gasteiger partial charge in [-0.3, -0.25) is 4.98 Å². The van der Waals surface area contributed by atoms with E-state index in [2.05, 4.69) is 166 Å². The second-order valence-electron chi connectivity index (χ2n) is 12.4. The minimum absolute atomic E-state index is 1.03. The maximum Gasteiger partial charge on any atom is 0.0644 e. The Hall–Kier alpha value is -6.45. The molecule has 10 rings (SSSR count). The van der Waals surface area contributed by atoms with Gasteiger partial charge >= 0.3 is 0 Å². The summed E-state index contributed by atoms with van der Waals surface area (Å²) in [6, 6.07) is 59.2. The van der Waals surface area contributed by atoms with Gasteiger partial charge in [0.05, 0.1) is 22.9 Å². The predicted molar refractivity (Wildman–Crippen MR) is 201 cm³/mol. The van der Waals surface area contributed by atoms with E-state index < -0.39 is 0 Å². The number of aromatic nitrogens is 2. The lowest BCUT2D eigenvalue weighted by molar-refractivity contribution is 1.18. The molecule has 48 heavy (non-hydrogen) atoms. The largest absolute Gasteiger partial charge is 0.309 e. The monoisotopic (exact) mass is 611 g/mol. The van der Waals surface area contributed by atoms with Crippen LogP contribution in [-0.2, 0) is 0 Å². The summed E-state index contributed by atoms with van der Waals surface area (Å²) in [6.07, 6.45) is 3.72. The molecule has 0 N–H and O–H groups in total. The fourth-order valence-electron chi connectivity index (χ4n) is 7.73. The lowest BCUT2D eigenvalue weighted by atomic mass is 9.96. The average molecular weight is 612 g/mol. The first-order chi connectivity index (χ1) is 23.8. The molecule has 1 aliphatic carbocycles. The van der Waals surface area contributed by atoms with Gasteiger partial charge in [-0.2, -0.15) is 0 Å². The van der Waals surface area contributed by atoms with Crippen LogP contribution in [0.4, 0.5) is 17.1 Å². The van der Waals surface area contributed by atoms with Gasteiger partial charge in [-0.05, 0) is 111 Å². The van der Waals surface area contributed by atoms with Crippen molar-refractivity contribution in [3.63, 3.8) is 0 Å². The Labute approximate surface area is 278 Å². The van der Waals surface area contributed by atoms with Crippen LogP contribution in [0.25, 0.3) is 71.6 Å². The van der Waals surface area contributed by atoms with Crippen LogP contribution in [0.1, 0.15) is 0 Å². The van der Waals surface area contributed by atoms with Crippen LogP contribution in [-0.4, -0.2) is 9.55 Å². The molecule has 2 aromatic heterocycles. The topological polar surface area (TPSA) is 21.1 Å². The predicted octanol–water partition coefficient (Wildman–Crippen LogP) is 12.1. The molecule has 0 unspecified atom stereocenters. The Balaban J connectivity index is 1.13. The van der Waals surface area contributed by atoms with E-state index in [0.717, 1.165) is 17.1 Å². The lowest BCUT2D eigenvalue weighted by Gasteiger charge is -2.25. The molecule has 0 bridgehead atoms. The summed E-state index contributed by atoms with van der Waals surface area (Å²) in [4.78, 5) is 6.64. The minimum Gasteiger partial charge on any atom is -0.309 e. The van der Waals surface area contributed by atoms with Crippen LogP contribution in [0.2, 0.25) is 0 Å². The maximum atomic E-state index is 4.40. The number of rotatable bonds is 5. The minimum atomic E-state index is 1.03. The Morgan fingerprint density at radius 2 is 1.12 bits per heavy atom. The number of hydrogen-bond acceptors (Lipinski definition) is 2. The molecule has 2 heterocycles. The molecule has 0 saturated carbocycles. The molecule has 0 fully saturated rings. The van der Waals surface area contributed by atoms with Crippen molar-refractivity contribution in [1.29, 1.82) is 0 Å². The zero-order valence-electron chi connectivity index (χ0n) is 26.1. The first-order valence-electron chi connectivity index (χ1n) is 16.4. The molecular weight excluding hydrogens is 583 g/mol. The van der Waals surface area contributed by atoms with Crippen molar-refractivity contribution in [3.05, 3.63) is 176 Å². The highest BCUT2D eigenvalue weighted by Crippen LogP contribution is 2.52. The van der Waals surface area contributed by atoms with Crippen molar-refractivity contribution >= 4 is 49.6 Å². The summed E-state index contributed by atoms with van der Waals surface area (Å²) in [6.45, 7) is 0. The first kappa shape index (κ1) is 26.7. The summed E-state index contributed by atoms with van der Waals surface area (Å²) in [5.74, 6) is 0. The number of pyridine rings is 1. The third kappa shape index (κ3) is 3.98. The summed E-state index contributed by atoms with van der Waals surface area (Å²) < 4.78 is 2.43. The fourth-order valence-corrected chi connectivity index (χ4v) is 7.73. The van der Waals surface area contributed by atoms with E-state index in [0.29, 0.717) is 0 Å². The van der Waals surface area contributed by atoms with Crippen molar-refractivity contribution < 1.29 is 0 Å². The van der Waals surface area contributed by atoms with E-state index in [-0.39, 0.29) is 0 Å². The van der Waals surface area contributed by atoms with Gasteiger partial charge in [0.2, 0.25) is 0 Å². The Bertz CT molecular complexity index is 2600. The van der Waals surface area contributed by atoms with Gasteiger partial charge in [0, 0.05) is 34.0 Å². The Morgan fingerprint density at radius 1 is 0.417 bits per heavy atom. The number of nitrogens with zero attached hydrogens (tertiary/aromatic N) is 3. The lowest BCUT2D eigenvalue weighted by Crippen LogP contribution is -2.09. The maximum absolute atomic E-state index is 4.40. The molecule has 0 amide bonds.